The zero-order chi connectivity index (χ0) is 12.4. The number of hydrogen-bond donors (Lipinski definition) is 1. The van der Waals surface area contributed by atoms with Crippen LogP contribution >= 0.6 is 0 Å². The van der Waals surface area contributed by atoms with E-state index >= 15 is 0 Å². The molecule has 0 amide bonds. The van der Waals surface area contributed by atoms with Crippen molar-refractivity contribution in [2.45, 2.75) is 25.9 Å². The molecule has 1 aliphatic heterocycles. The molecule has 0 bridgehead atoms. The SMILES string of the molecule is Cc1ccc2c(OC3CCNCC3)ccnc2c1. The lowest BCUT2D eigenvalue weighted by Gasteiger charge is -2.24. The number of aryl methyl sites for hydroxylation is 1. The normalized spacial score (nSPS) is 16.9. The molecule has 3 rings (SSSR count). The van der Waals surface area contributed by atoms with E-state index in [1.807, 2.05) is 12.3 Å². The Morgan fingerprint density at radius 2 is 2.06 bits per heavy atom. The van der Waals surface area contributed by atoms with Crippen LogP contribution < -0.4 is 10.1 Å². The van der Waals surface area contributed by atoms with Crippen LogP contribution in [-0.2, 0) is 0 Å². The summed E-state index contributed by atoms with van der Waals surface area (Å²) in [5.74, 6) is 0.965. The average molecular weight is 242 g/mol. The van der Waals surface area contributed by atoms with Crippen LogP contribution in [0.2, 0.25) is 0 Å². The third-order valence-electron chi connectivity index (χ3n) is 3.44. The van der Waals surface area contributed by atoms with Crippen LogP contribution in [0.25, 0.3) is 10.9 Å². The van der Waals surface area contributed by atoms with E-state index in [9.17, 15) is 0 Å². The Hall–Kier alpha value is -1.61. The quantitative estimate of drug-likeness (QED) is 0.879. The van der Waals surface area contributed by atoms with Gasteiger partial charge >= 0.3 is 0 Å². The molecule has 0 saturated carbocycles. The van der Waals surface area contributed by atoms with Crippen LogP contribution in [0.4, 0.5) is 0 Å². The first-order valence-electron chi connectivity index (χ1n) is 6.56. The summed E-state index contributed by atoms with van der Waals surface area (Å²) in [4.78, 5) is 4.40. The predicted molar refractivity (Wildman–Crippen MR) is 73.0 cm³/mol. The molecule has 2 aromatic rings. The summed E-state index contributed by atoms with van der Waals surface area (Å²) in [6.07, 6.45) is 4.32. The van der Waals surface area contributed by atoms with Crippen molar-refractivity contribution in [3.63, 3.8) is 0 Å². The predicted octanol–water partition coefficient (Wildman–Crippen LogP) is 2.67. The fraction of sp³-hybridized carbons (Fsp3) is 0.400. The number of benzene rings is 1. The van der Waals surface area contributed by atoms with Gasteiger partial charge in [-0.2, -0.15) is 0 Å². The fourth-order valence-electron chi connectivity index (χ4n) is 2.43. The van der Waals surface area contributed by atoms with Crippen molar-refractivity contribution in [1.29, 1.82) is 0 Å². The van der Waals surface area contributed by atoms with Gasteiger partial charge in [-0.1, -0.05) is 6.07 Å². The van der Waals surface area contributed by atoms with Gasteiger partial charge in [0, 0.05) is 11.6 Å². The lowest BCUT2D eigenvalue weighted by molar-refractivity contribution is 0.164. The minimum absolute atomic E-state index is 0.332. The molecule has 1 fully saturated rings. The van der Waals surface area contributed by atoms with Gasteiger partial charge in [0.1, 0.15) is 11.9 Å². The molecular weight excluding hydrogens is 224 g/mol. The number of nitrogens with zero attached hydrogens (tertiary/aromatic N) is 1. The molecule has 3 nitrogen and oxygen atoms in total. The van der Waals surface area contributed by atoms with Crippen LogP contribution in [0.5, 0.6) is 5.75 Å². The molecule has 3 heteroatoms. The molecule has 1 N–H and O–H groups in total. The second kappa shape index (κ2) is 4.94. The Kier molecular flexibility index (Phi) is 3.15. The number of rotatable bonds is 2. The number of aromatic nitrogens is 1. The van der Waals surface area contributed by atoms with Gasteiger partial charge in [0.15, 0.2) is 0 Å². The molecular formula is C15H18N2O. The number of pyridine rings is 1. The smallest absolute Gasteiger partial charge is 0.130 e. The first-order valence-corrected chi connectivity index (χ1v) is 6.56. The van der Waals surface area contributed by atoms with E-state index in [0.29, 0.717) is 6.10 Å². The molecule has 0 unspecified atom stereocenters. The van der Waals surface area contributed by atoms with Crippen LogP contribution in [0.1, 0.15) is 18.4 Å². The number of fused-ring (bicyclic) bond motifs is 1. The molecule has 0 aliphatic carbocycles. The number of ether oxygens (including phenoxy) is 1. The molecule has 1 saturated heterocycles. The molecule has 1 aromatic heterocycles. The van der Waals surface area contributed by atoms with Crippen molar-refractivity contribution in [3.05, 3.63) is 36.0 Å². The summed E-state index contributed by atoms with van der Waals surface area (Å²) in [5.41, 5.74) is 2.25. The minimum atomic E-state index is 0.332. The maximum Gasteiger partial charge on any atom is 0.130 e. The first kappa shape index (κ1) is 11.5. The van der Waals surface area contributed by atoms with E-state index in [-0.39, 0.29) is 0 Å². The number of piperidine rings is 1. The summed E-state index contributed by atoms with van der Waals surface area (Å²) in [5, 5.41) is 4.47. The van der Waals surface area contributed by atoms with Crippen molar-refractivity contribution in [2.75, 3.05) is 13.1 Å². The van der Waals surface area contributed by atoms with Crippen LogP contribution in [0.15, 0.2) is 30.5 Å². The summed E-state index contributed by atoms with van der Waals surface area (Å²) >= 11 is 0. The van der Waals surface area contributed by atoms with Gasteiger partial charge in [0.05, 0.1) is 5.52 Å². The fourth-order valence-corrected chi connectivity index (χ4v) is 2.43. The van der Waals surface area contributed by atoms with Gasteiger partial charge in [0.2, 0.25) is 0 Å². The highest BCUT2D eigenvalue weighted by atomic mass is 16.5. The molecule has 0 radical (unpaired) electrons. The van der Waals surface area contributed by atoms with Crippen LogP contribution in [0, 0.1) is 6.92 Å². The van der Waals surface area contributed by atoms with Crippen molar-refractivity contribution < 1.29 is 4.74 Å². The van der Waals surface area contributed by atoms with Gasteiger partial charge in [-0.05, 0) is 56.6 Å². The lowest BCUT2D eigenvalue weighted by Crippen LogP contribution is -2.34. The highest BCUT2D eigenvalue weighted by Crippen LogP contribution is 2.26. The van der Waals surface area contributed by atoms with Gasteiger partial charge in [0.25, 0.3) is 0 Å². The maximum atomic E-state index is 6.13. The van der Waals surface area contributed by atoms with E-state index in [2.05, 4.69) is 35.4 Å². The van der Waals surface area contributed by atoms with Gasteiger partial charge in [-0.3, -0.25) is 4.98 Å². The van der Waals surface area contributed by atoms with Crippen molar-refractivity contribution >= 4 is 10.9 Å². The largest absolute Gasteiger partial charge is 0.490 e. The molecule has 94 valence electrons. The van der Waals surface area contributed by atoms with Gasteiger partial charge in [-0.25, -0.2) is 0 Å². The third-order valence-corrected chi connectivity index (χ3v) is 3.44. The Labute approximate surface area is 107 Å². The van der Waals surface area contributed by atoms with Crippen molar-refractivity contribution in [2.24, 2.45) is 0 Å². The van der Waals surface area contributed by atoms with E-state index in [1.165, 1.54) is 5.56 Å². The van der Waals surface area contributed by atoms with Gasteiger partial charge < -0.3 is 10.1 Å². The summed E-state index contributed by atoms with van der Waals surface area (Å²) in [7, 11) is 0. The Morgan fingerprint density at radius 3 is 2.89 bits per heavy atom. The molecule has 2 heterocycles. The molecule has 1 aliphatic rings. The standard InChI is InChI=1S/C15H18N2O/c1-11-2-3-13-14(10-11)17-9-6-15(13)18-12-4-7-16-8-5-12/h2-3,6,9-10,12,16H,4-5,7-8H2,1H3. The second-order valence-electron chi connectivity index (χ2n) is 4.90. The Bertz CT molecular complexity index is 547. The summed E-state index contributed by atoms with van der Waals surface area (Å²) in [6.45, 7) is 4.18. The van der Waals surface area contributed by atoms with Crippen LogP contribution in [-0.4, -0.2) is 24.2 Å². The second-order valence-corrected chi connectivity index (χ2v) is 4.90. The Morgan fingerprint density at radius 1 is 1.22 bits per heavy atom. The highest BCUT2D eigenvalue weighted by molar-refractivity contribution is 5.85. The number of hydrogen-bond acceptors (Lipinski definition) is 3. The van der Waals surface area contributed by atoms with E-state index in [4.69, 9.17) is 4.74 Å². The molecule has 18 heavy (non-hydrogen) atoms. The highest BCUT2D eigenvalue weighted by Gasteiger charge is 2.15. The third kappa shape index (κ3) is 2.31. The van der Waals surface area contributed by atoms with E-state index < -0.39 is 0 Å². The number of nitrogens with one attached hydrogen (secondary N) is 1. The first-order chi connectivity index (χ1) is 8.83. The monoisotopic (exact) mass is 242 g/mol. The van der Waals surface area contributed by atoms with E-state index in [0.717, 1.165) is 42.6 Å². The topological polar surface area (TPSA) is 34.1 Å². The zero-order valence-corrected chi connectivity index (χ0v) is 10.6. The van der Waals surface area contributed by atoms with Crippen molar-refractivity contribution in [3.8, 4) is 5.75 Å². The van der Waals surface area contributed by atoms with Crippen LogP contribution in [0.3, 0.4) is 0 Å². The van der Waals surface area contributed by atoms with E-state index in [1.54, 1.807) is 0 Å². The Balaban J connectivity index is 1.91. The summed E-state index contributed by atoms with van der Waals surface area (Å²) in [6, 6.07) is 8.29. The maximum absolute atomic E-state index is 6.13. The molecule has 0 spiro atoms. The average Bonchev–Trinajstić information content (AvgIpc) is 2.40. The molecule has 0 atom stereocenters. The zero-order valence-electron chi connectivity index (χ0n) is 10.6. The lowest BCUT2D eigenvalue weighted by atomic mass is 10.1. The summed E-state index contributed by atoms with van der Waals surface area (Å²) < 4.78 is 6.13. The van der Waals surface area contributed by atoms with Crippen molar-refractivity contribution in [1.82, 2.24) is 10.3 Å². The minimum Gasteiger partial charge on any atom is -0.490 e. The molecule has 1 aromatic carbocycles. The van der Waals surface area contributed by atoms with Gasteiger partial charge in [-0.15, -0.1) is 0 Å².